The third kappa shape index (κ3) is 3.06. The van der Waals surface area contributed by atoms with Gasteiger partial charge in [0.25, 0.3) is 0 Å². The summed E-state index contributed by atoms with van der Waals surface area (Å²) in [6.07, 6.45) is 8.89. The molecule has 0 spiro atoms. The lowest BCUT2D eigenvalue weighted by Crippen LogP contribution is -2.50. The van der Waals surface area contributed by atoms with Crippen LogP contribution in [0.2, 0.25) is 0 Å². The first-order valence-corrected chi connectivity index (χ1v) is 6.52. The number of nitrogens with two attached hydrogens (primary N) is 1. The summed E-state index contributed by atoms with van der Waals surface area (Å²) in [5.41, 5.74) is 7.76. The van der Waals surface area contributed by atoms with Crippen LogP contribution in [0.15, 0.2) is 11.6 Å². The predicted octanol–water partition coefficient (Wildman–Crippen LogP) is 1.53. The van der Waals surface area contributed by atoms with Crippen molar-refractivity contribution in [1.82, 2.24) is 4.90 Å². The van der Waals surface area contributed by atoms with Gasteiger partial charge in [-0.25, -0.2) is 0 Å². The van der Waals surface area contributed by atoms with Crippen LogP contribution in [0.1, 0.15) is 32.1 Å². The molecule has 0 aromatic rings. The standard InChI is InChI=1S/C13H24N2O/c1-15-8-9-16-12(10-15)13(14)11-6-4-2-3-5-7-11/h6,12-13H,2-5,7-10,14H2,1H3. The van der Waals surface area contributed by atoms with Crippen LogP contribution in [0.25, 0.3) is 0 Å². The number of rotatable bonds is 2. The number of hydrogen-bond acceptors (Lipinski definition) is 3. The number of morpholine rings is 1. The van der Waals surface area contributed by atoms with E-state index in [-0.39, 0.29) is 12.1 Å². The van der Waals surface area contributed by atoms with Crippen LogP contribution in [0.5, 0.6) is 0 Å². The molecule has 0 amide bonds. The van der Waals surface area contributed by atoms with Gasteiger partial charge in [0.15, 0.2) is 0 Å². The minimum absolute atomic E-state index is 0.112. The number of nitrogens with zero attached hydrogens (tertiary/aromatic N) is 1. The second-order valence-electron chi connectivity index (χ2n) is 5.08. The van der Waals surface area contributed by atoms with Crippen LogP contribution in [0.3, 0.4) is 0 Å². The number of allylic oxidation sites excluding steroid dienone is 1. The molecule has 3 nitrogen and oxygen atoms in total. The average molecular weight is 224 g/mol. The first-order chi connectivity index (χ1) is 7.77. The molecule has 1 aliphatic carbocycles. The molecular weight excluding hydrogens is 200 g/mol. The van der Waals surface area contributed by atoms with E-state index < -0.39 is 0 Å². The fourth-order valence-electron chi connectivity index (χ4n) is 2.61. The Morgan fingerprint density at radius 1 is 1.44 bits per heavy atom. The van der Waals surface area contributed by atoms with E-state index >= 15 is 0 Å². The Labute approximate surface area is 98.6 Å². The Hall–Kier alpha value is -0.380. The lowest BCUT2D eigenvalue weighted by molar-refractivity contribution is -0.0269. The monoisotopic (exact) mass is 224 g/mol. The van der Waals surface area contributed by atoms with Gasteiger partial charge in [-0.1, -0.05) is 18.1 Å². The van der Waals surface area contributed by atoms with Gasteiger partial charge in [0.2, 0.25) is 0 Å². The second-order valence-corrected chi connectivity index (χ2v) is 5.08. The molecule has 1 fully saturated rings. The third-order valence-electron chi connectivity index (χ3n) is 3.70. The summed E-state index contributed by atoms with van der Waals surface area (Å²) >= 11 is 0. The molecule has 3 heteroatoms. The number of hydrogen-bond donors (Lipinski definition) is 1. The molecule has 16 heavy (non-hydrogen) atoms. The van der Waals surface area contributed by atoms with E-state index in [2.05, 4.69) is 18.0 Å². The molecule has 1 aliphatic heterocycles. The van der Waals surface area contributed by atoms with Gasteiger partial charge in [-0.3, -0.25) is 0 Å². The summed E-state index contributed by atoms with van der Waals surface area (Å²) in [4.78, 5) is 2.31. The average Bonchev–Trinajstić information content (AvgIpc) is 2.56. The predicted molar refractivity (Wildman–Crippen MR) is 66.4 cm³/mol. The summed E-state index contributed by atoms with van der Waals surface area (Å²) in [7, 11) is 2.14. The molecule has 0 radical (unpaired) electrons. The fraction of sp³-hybridized carbons (Fsp3) is 0.846. The van der Waals surface area contributed by atoms with Crippen molar-refractivity contribution in [3.8, 4) is 0 Å². The van der Waals surface area contributed by atoms with E-state index in [0.717, 1.165) is 19.7 Å². The summed E-state index contributed by atoms with van der Waals surface area (Å²) in [6.45, 7) is 2.82. The van der Waals surface area contributed by atoms with Crippen LogP contribution >= 0.6 is 0 Å². The van der Waals surface area contributed by atoms with Crippen molar-refractivity contribution >= 4 is 0 Å². The first kappa shape index (κ1) is 12.1. The lowest BCUT2D eigenvalue weighted by Gasteiger charge is -2.34. The van der Waals surface area contributed by atoms with Crippen molar-refractivity contribution in [2.45, 2.75) is 44.2 Å². The van der Waals surface area contributed by atoms with Gasteiger partial charge in [0.1, 0.15) is 0 Å². The highest BCUT2D eigenvalue weighted by Gasteiger charge is 2.26. The van der Waals surface area contributed by atoms with E-state index in [1.807, 2.05) is 0 Å². The quantitative estimate of drug-likeness (QED) is 0.723. The highest BCUT2D eigenvalue weighted by Crippen LogP contribution is 2.22. The molecule has 2 unspecified atom stereocenters. The van der Waals surface area contributed by atoms with Crippen molar-refractivity contribution < 1.29 is 4.74 Å². The molecule has 2 atom stereocenters. The second kappa shape index (κ2) is 5.80. The van der Waals surface area contributed by atoms with Crippen molar-refractivity contribution in [1.29, 1.82) is 0 Å². The zero-order valence-electron chi connectivity index (χ0n) is 10.3. The molecule has 2 N–H and O–H groups in total. The van der Waals surface area contributed by atoms with Gasteiger partial charge in [0, 0.05) is 13.1 Å². The third-order valence-corrected chi connectivity index (χ3v) is 3.70. The van der Waals surface area contributed by atoms with Crippen molar-refractivity contribution in [2.75, 3.05) is 26.7 Å². The van der Waals surface area contributed by atoms with Crippen LogP contribution in [0, 0.1) is 0 Å². The molecule has 0 aromatic carbocycles. The zero-order valence-corrected chi connectivity index (χ0v) is 10.3. The van der Waals surface area contributed by atoms with Crippen LogP contribution in [-0.4, -0.2) is 43.8 Å². The molecule has 1 heterocycles. The minimum Gasteiger partial charge on any atom is -0.374 e. The van der Waals surface area contributed by atoms with E-state index in [9.17, 15) is 0 Å². The highest BCUT2D eigenvalue weighted by molar-refractivity contribution is 5.14. The number of ether oxygens (including phenoxy) is 1. The lowest BCUT2D eigenvalue weighted by atomic mass is 9.97. The highest BCUT2D eigenvalue weighted by atomic mass is 16.5. The molecule has 0 saturated carbocycles. The van der Waals surface area contributed by atoms with Gasteiger partial charge in [-0.05, 0) is 32.7 Å². The maximum absolute atomic E-state index is 6.33. The van der Waals surface area contributed by atoms with Gasteiger partial charge < -0.3 is 15.4 Å². The van der Waals surface area contributed by atoms with Crippen LogP contribution < -0.4 is 5.73 Å². The molecule has 2 rings (SSSR count). The van der Waals surface area contributed by atoms with Crippen molar-refractivity contribution in [3.63, 3.8) is 0 Å². The first-order valence-electron chi connectivity index (χ1n) is 6.52. The van der Waals surface area contributed by atoms with Gasteiger partial charge in [-0.2, -0.15) is 0 Å². The fourth-order valence-corrected chi connectivity index (χ4v) is 2.61. The zero-order chi connectivity index (χ0) is 11.4. The Bertz CT molecular complexity index is 252. The van der Waals surface area contributed by atoms with Gasteiger partial charge in [0.05, 0.1) is 18.8 Å². The SMILES string of the molecule is CN1CCOC(C(N)C2=CCCCCC2)C1. The Morgan fingerprint density at radius 3 is 3.12 bits per heavy atom. The van der Waals surface area contributed by atoms with E-state index in [4.69, 9.17) is 10.5 Å². The Balaban J connectivity index is 1.94. The summed E-state index contributed by atoms with van der Waals surface area (Å²) in [5, 5.41) is 0. The summed E-state index contributed by atoms with van der Waals surface area (Å²) < 4.78 is 5.80. The Morgan fingerprint density at radius 2 is 2.31 bits per heavy atom. The van der Waals surface area contributed by atoms with Gasteiger partial charge >= 0.3 is 0 Å². The maximum Gasteiger partial charge on any atom is 0.0891 e. The van der Waals surface area contributed by atoms with Crippen LogP contribution in [-0.2, 0) is 4.74 Å². The smallest absolute Gasteiger partial charge is 0.0891 e. The molecule has 2 aliphatic rings. The molecule has 0 aromatic heterocycles. The Kier molecular flexibility index (Phi) is 4.38. The normalized spacial score (nSPS) is 30.6. The number of likely N-dealkylation sites (N-methyl/N-ethyl adjacent to an activating group) is 1. The molecular formula is C13H24N2O. The summed E-state index contributed by atoms with van der Waals surface area (Å²) in [5.74, 6) is 0. The summed E-state index contributed by atoms with van der Waals surface area (Å²) in [6, 6.07) is 0.112. The van der Waals surface area contributed by atoms with Crippen LogP contribution in [0.4, 0.5) is 0 Å². The largest absolute Gasteiger partial charge is 0.374 e. The van der Waals surface area contributed by atoms with E-state index in [1.54, 1.807) is 0 Å². The van der Waals surface area contributed by atoms with E-state index in [0.29, 0.717) is 0 Å². The van der Waals surface area contributed by atoms with Crippen molar-refractivity contribution in [3.05, 3.63) is 11.6 Å². The molecule has 1 saturated heterocycles. The molecule has 92 valence electrons. The maximum atomic E-state index is 6.33. The molecule has 0 bridgehead atoms. The van der Waals surface area contributed by atoms with Crippen molar-refractivity contribution in [2.24, 2.45) is 5.73 Å². The topological polar surface area (TPSA) is 38.5 Å². The van der Waals surface area contributed by atoms with Gasteiger partial charge in [-0.15, -0.1) is 0 Å². The van der Waals surface area contributed by atoms with E-state index in [1.165, 1.54) is 37.7 Å². The minimum atomic E-state index is 0.112.